The molecule has 1 atom stereocenters. The second kappa shape index (κ2) is 7.58. The minimum Gasteiger partial charge on any atom is -0.343 e. The smallest absolute Gasteiger partial charge is 0.224 e. The largest absolute Gasteiger partial charge is 0.343 e. The molecule has 6 heteroatoms. The highest BCUT2D eigenvalue weighted by Gasteiger charge is 2.30. The number of nitrogens with one attached hydrogen (secondary N) is 1. The first kappa shape index (κ1) is 18.4. The van der Waals surface area contributed by atoms with Crippen LogP contribution in [-0.4, -0.2) is 55.9 Å². The Morgan fingerprint density at radius 3 is 2.19 bits per heavy atom. The van der Waals surface area contributed by atoms with E-state index in [9.17, 15) is 13.2 Å². The van der Waals surface area contributed by atoms with Gasteiger partial charge in [-0.2, -0.15) is 0 Å². The van der Waals surface area contributed by atoms with E-state index in [2.05, 4.69) is 5.32 Å². The summed E-state index contributed by atoms with van der Waals surface area (Å²) in [5, 5.41) is 3.19. The topological polar surface area (TPSA) is 66.5 Å². The third kappa shape index (κ3) is 5.94. The van der Waals surface area contributed by atoms with E-state index in [1.165, 1.54) is 19.1 Å². The number of carbonyl (C=O) groups excluding carboxylic acids is 1. The fourth-order valence-corrected chi connectivity index (χ4v) is 2.68. The molecular formula is C15H30N2O3S. The molecule has 0 aromatic carbocycles. The van der Waals surface area contributed by atoms with Crippen LogP contribution in [0.15, 0.2) is 0 Å². The molecule has 1 heterocycles. The quantitative estimate of drug-likeness (QED) is 0.807. The van der Waals surface area contributed by atoms with E-state index in [1.807, 2.05) is 11.8 Å². The first-order chi connectivity index (χ1) is 9.63. The van der Waals surface area contributed by atoms with Crippen LogP contribution >= 0.6 is 0 Å². The molecule has 1 saturated heterocycles. The number of hydrogen-bond donors (Lipinski definition) is 1. The van der Waals surface area contributed by atoms with Crippen LogP contribution in [0.4, 0.5) is 0 Å². The van der Waals surface area contributed by atoms with Gasteiger partial charge in [0.1, 0.15) is 0 Å². The van der Waals surface area contributed by atoms with Crippen molar-refractivity contribution in [3.63, 3.8) is 0 Å². The van der Waals surface area contributed by atoms with Gasteiger partial charge in [0.25, 0.3) is 0 Å². The van der Waals surface area contributed by atoms with E-state index in [1.54, 1.807) is 13.8 Å². The Morgan fingerprint density at radius 1 is 1.19 bits per heavy atom. The molecule has 1 aliphatic heterocycles. The molecule has 124 valence electrons. The van der Waals surface area contributed by atoms with E-state index in [-0.39, 0.29) is 11.9 Å². The zero-order chi connectivity index (χ0) is 16.1. The Balaban J connectivity index is 2.42. The molecule has 0 aromatic rings. The Bertz CT molecular complexity index is 438. The van der Waals surface area contributed by atoms with Crippen molar-refractivity contribution in [2.24, 2.45) is 0 Å². The van der Waals surface area contributed by atoms with Crippen LogP contribution in [0.3, 0.4) is 0 Å². The van der Waals surface area contributed by atoms with Crippen molar-refractivity contribution in [3.05, 3.63) is 0 Å². The standard InChI is InChI=1S/C15H30N2O3S/c1-13(16-12-15(2,3)21(4,19)20)11-14(18)17-9-7-5-6-8-10-17/h13,16H,5-12H2,1-4H3. The lowest BCUT2D eigenvalue weighted by Gasteiger charge is -2.27. The van der Waals surface area contributed by atoms with Crippen molar-refractivity contribution in [1.29, 1.82) is 0 Å². The molecule has 1 amide bonds. The maximum atomic E-state index is 12.3. The number of nitrogens with zero attached hydrogens (tertiary/aromatic N) is 1. The average molecular weight is 318 g/mol. The second-order valence-electron chi connectivity index (χ2n) is 6.81. The fourth-order valence-electron chi connectivity index (χ4n) is 2.33. The summed E-state index contributed by atoms with van der Waals surface area (Å²) >= 11 is 0. The van der Waals surface area contributed by atoms with E-state index < -0.39 is 14.6 Å². The number of hydrogen-bond acceptors (Lipinski definition) is 4. The molecule has 1 unspecified atom stereocenters. The molecule has 0 saturated carbocycles. The molecule has 1 aliphatic rings. The normalized spacial score (nSPS) is 19.1. The molecule has 0 bridgehead atoms. The highest BCUT2D eigenvalue weighted by Crippen LogP contribution is 2.15. The van der Waals surface area contributed by atoms with E-state index >= 15 is 0 Å². The van der Waals surface area contributed by atoms with Crippen LogP contribution in [0.25, 0.3) is 0 Å². The third-order valence-corrected chi connectivity index (χ3v) is 6.47. The van der Waals surface area contributed by atoms with Crippen molar-refractivity contribution < 1.29 is 13.2 Å². The Kier molecular flexibility index (Phi) is 6.66. The summed E-state index contributed by atoms with van der Waals surface area (Å²) in [5.41, 5.74) is 0. The van der Waals surface area contributed by atoms with Crippen LogP contribution in [0, 0.1) is 0 Å². The molecule has 21 heavy (non-hydrogen) atoms. The third-order valence-electron chi connectivity index (χ3n) is 4.32. The van der Waals surface area contributed by atoms with Gasteiger partial charge in [0.15, 0.2) is 9.84 Å². The van der Waals surface area contributed by atoms with Gasteiger partial charge in [-0.15, -0.1) is 0 Å². The molecule has 1 rings (SSSR count). The van der Waals surface area contributed by atoms with Crippen molar-refractivity contribution >= 4 is 15.7 Å². The van der Waals surface area contributed by atoms with Crippen molar-refractivity contribution in [3.8, 4) is 0 Å². The Hall–Kier alpha value is -0.620. The van der Waals surface area contributed by atoms with Crippen LogP contribution < -0.4 is 5.32 Å². The summed E-state index contributed by atoms with van der Waals surface area (Å²) in [6.07, 6.45) is 6.28. The molecule has 1 N–H and O–H groups in total. The van der Waals surface area contributed by atoms with Gasteiger partial charge in [0.05, 0.1) is 4.75 Å². The van der Waals surface area contributed by atoms with Gasteiger partial charge in [-0.3, -0.25) is 4.79 Å². The first-order valence-electron chi connectivity index (χ1n) is 7.84. The van der Waals surface area contributed by atoms with Crippen LogP contribution in [0.1, 0.15) is 52.9 Å². The maximum Gasteiger partial charge on any atom is 0.224 e. The van der Waals surface area contributed by atoms with Crippen LogP contribution in [0.5, 0.6) is 0 Å². The van der Waals surface area contributed by atoms with Gasteiger partial charge < -0.3 is 10.2 Å². The second-order valence-corrected chi connectivity index (χ2v) is 9.46. The molecule has 0 spiro atoms. The highest BCUT2D eigenvalue weighted by atomic mass is 32.2. The summed E-state index contributed by atoms with van der Waals surface area (Å²) in [5.74, 6) is 0.175. The van der Waals surface area contributed by atoms with E-state index in [4.69, 9.17) is 0 Å². The Labute approximate surface area is 129 Å². The lowest BCUT2D eigenvalue weighted by Crippen LogP contribution is -2.46. The van der Waals surface area contributed by atoms with Gasteiger partial charge in [0.2, 0.25) is 5.91 Å². The average Bonchev–Trinajstić information content (AvgIpc) is 2.64. The lowest BCUT2D eigenvalue weighted by atomic mass is 10.1. The maximum absolute atomic E-state index is 12.3. The number of rotatable bonds is 6. The number of amides is 1. The first-order valence-corrected chi connectivity index (χ1v) is 9.73. The number of carbonyl (C=O) groups is 1. The molecule has 5 nitrogen and oxygen atoms in total. The van der Waals surface area contributed by atoms with Crippen LogP contribution in [-0.2, 0) is 14.6 Å². The van der Waals surface area contributed by atoms with E-state index in [0.29, 0.717) is 13.0 Å². The van der Waals surface area contributed by atoms with Gasteiger partial charge in [-0.05, 0) is 33.6 Å². The summed E-state index contributed by atoms with van der Waals surface area (Å²) in [6, 6.07) is -0.0122. The number of sulfone groups is 1. The van der Waals surface area contributed by atoms with Gasteiger partial charge >= 0.3 is 0 Å². The molecule has 0 aliphatic carbocycles. The molecule has 0 radical (unpaired) electrons. The van der Waals surface area contributed by atoms with Gasteiger partial charge in [-0.25, -0.2) is 8.42 Å². The zero-order valence-corrected chi connectivity index (χ0v) is 14.6. The van der Waals surface area contributed by atoms with Crippen molar-refractivity contribution in [2.45, 2.75) is 63.7 Å². The van der Waals surface area contributed by atoms with Gasteiger partial charge in [0, 0.05) is 38.4 Å². The van der Waals surface area contributed by atoms with Gasteiger partial charge in [-0.1, -0.05) is 12.8 Å². The highest BCUT2D eigenvalue weighted by molar-refractivity contribution is 7.92. The monoisotopic (exact) mass is 318 g/mol. The van der Waals surface area contributed by atoms with Crippen molar-refractivity contribution in [1.82, 2.24) is 10.2 Å². The molecule has 1 fully saturated rings. The summed E-state index contributed by atoms with van der Waals surface area (Å²) in [7, 11) is -3.11. The minimum absolute atomic E-state index is 0.0122. The fraction of sp³-hybridized carbons (Fsp3) is 0.933. The lowest BCUT2D eigenvalue weighted by molar-refractivity contribution is -0.131. The summed E-state index contributed by atoms with van der Waals surface area (Å²) in [6.45, 7) is 7.44. The summed E-state index contributed by atoms with van der Waals surface area (Å²) < 4.78 is 22.5. The molecule has 0 aromatic heterocycles. The van der Waals surface area contributed by atoms with Crippen LogP contribution in [0.2, 0.25) is 0 Å². The predicted octanol–water partition coefficient (Wildman–Crippen LogP) is 1.58. The molecular weight excluding hydrogens is 288 g/mol. The SMILES string of the molecule is CC(CC(=O)N1CCCCCC1)NCC(C)(C)S(C)(=O)=O. The Morgan fingerprint density at radius 2 is 1.71 bits per heavy atom. The minimum atomic E-state index is -3.11. The van der Waals surface area contributed by atoms with E-state index in [0.717, 1.165) is 25.9 Å². The summed E-state index contributed by atoms with van der Waals surface area (Å²) in [4.78, 5) is 14.2. The predicted molar refractivity (Wildman–Crippen MR) is 86.1 cm³/mol. The zero-order valence-electron chi connectivity index (χ0n) is 13.8. The number of likely N-dealkylation sites (tertiary alicyclic amines) is 1. The van der Waals surface area contributed by atoms with Crippen molar-refractivity contribution in [2.75, 3.05) is 25.9 Å².